The van der Waals surface area contributed by atoms with E-state index in [9.17, 15) is 4.79 Å². The number of amides is 1. The fourth-order valence-electron chi connectivity index (χ4n) is 3.68. The fourth-order valence-corrected chi connectivity index (χ4v) is 3.68. The van der Waals surface area contributed by atoms with Gasteiger partial charge in [-0.15, -0.1) is 0 Å². The van der Waals surface area contributed by atoms with Gasteiger partial charge in [0.2, 0.25) is 0 Å². The van der Waals surface area contributed by atoms with Gasteiger partial charge in [0.05, 0.1) is 28.7 Å². The molecule has 1 saturated carbocycles. The van der Waals surface area contributed by atoms with Crippen molar-refractivity contribution in [3.63, 3.8) is 0 Å². The maximum absolute atomic E-state index is 12.9. The molecule has 2 aromatic rings. The Hall–Kier alpha value is -2.14. The number of benzene rings is 1. The molecule has 1 N–H and O–H groups in total. The SMILES string of the molecule is CC1(C)CC(NC(=O)c2cnn(-c3ccccc3)c2C2CC2)CCO1. The van der Waals surface area contributed by atoms with Crippen LogP contribution in [0, 0.1) is 0 Å². The van der Waals surface area contributed by atoms with Gasteiger partial charge in [-0.3, -0.25) is 4.79 Å². The number of nitrogens with zero attached hydrogens (tertiary/aromatic N) is 2. The van der Waals surface area contributed by atoms with Crippen LogP contribution in [-0.4, -0.2) is 33.9 Å². The summed E-state index contributed by atoms with van der Waals surface area (Å²) in [5.74, 6) is 0.432. The van der Waals surface area contributed by atoms with E-state index in [1.54, 1.807) is 6.20 Å². The summed E-state index contributed by atoms with van der Waals surface area (Å²) in [5, 5.41) is 7.73. The first-order valence-corrected chi connectivity index (χ1v) is 9.12. The molecule has 132 valence electrons. The molecule has 5 heteroatoms. The third kappa shape index (κ3) is 3.47. The molecule has 0 bridgehead atoms. The van der Waals surface area contributed by atoms with Crippen LogP contribution in [0.2, 0.25) is 0 Å². The Balaban J connectivity index is 1.58. The highest BCUT2D eigenvalue weighted by Crippen LogP contribution is 2.42. The molecule has 2 fully saturated rings. The van der Waals surface area contributed by atoms with Crippen molar-refractivity contribution >= 4 is 5.91 Å². The molecule has 1 saturated heterocycles. The van der Waals surface area contributed by atoms with Gasteiger partial charge in [-0.2, -0.15) is 5.10 Å². The second-order valence-electron chi connectivity index (χ2n) is 7.74. The van der Waals surface area contributed by atoms with Crippen LogP contribution in [0.15, 0.2) is 36.5 Å². The minimum atomic E-state index is -0.177. The van der Waals surface area contributed by atoms with Crippen molar-refractivity contribution in [3.05, 3.63) is 47.8 Å². The van der Waals surface area contributed by atoms with Crippen molar-refractivity contribution in [1.29, 1.82) is 0 Å². The summed E-state index contributed by atoms with van der Waals surface area (Å²) in [6, 6.07) is 10.2. The van der Waals surface area contributed by atoms with Gasteiger partial charge in [0, 0.05) is 18.6 Å². The summed E-state index contributed by atoms with van der Waals surface area (Å²) in [6.45, 7) is 4.85. The minimum absolute atomic E-state index is 0.00761. The first kappa shape index (κ1) is 16.3. The van der Waals surface area contributed by atoms with E-state index in [-0.39, 0.29) is 17.6 Å². The fraction of sp³-hybridized carbons (Fsp3) is 0.500. The second-order valence-corrected chi connectivity index (χ2v) is 7.74. The van der Waals surface area contributed by atoms with Crippen LogP contribution < -0.4 is 5.32 Å². The largest absolute Gasteiger partial charge is 0.375 e. The van der Waals surface area contributed by atoms with E-state index in [2.05, 4.69) is 24.3 Å². The van der Waals surface area contributed by atoms with E-state index >= 15 is 0 Å². The Morgan fingerprint density at radius 3 is 2.68 bits per heavy atom. The number of nitrogens with one attached hydrogen (secondary N) is 1. The van der Waals surface area contributed by atoms with Gasteiger partial charge < -0.3 is 10.1 Å². The van der Waals surface area contributed by atoms with Crippen LogP contribution in [0.3, 0.4) is 0 Å². The number of ether oxygens (including phenoxy) is 1. The summed E-state index contributed by atoms with van der Waals surface area (Å²) in [5.41, 5.74) is 2.60. The summed E-state index contributed by atoms with van der Waals surface area (Å²) in [4.78, 5) is 12.9. The van der Waals surface area contributed by atoms with Crippen LogP contribution in [0.4, 0.5) is 0 Å². The molecule has 5 nitrogen and oxygen atoms in total. The summed E-state index contributed by atoms with van der Waals surface area (Å²) >= 11 is 0. The number of rotatable bonds is 4. The molecule has 0 spiro atoms. The molecule has 1 amide bonds. The molecule has 1 aliphatic heterocycles. The Morgan fingerprint density at radius 2 is 2.00 bits per heavy atom. The summed E-state index contributed by atoms with van der Waals surface area (Å²) in [7, 11) is 0. The highest BCUT2D eigenvalue weighted by Gasteiger charge is 2.35. The zero-order valence-corrected chi connectivity index (χ0v) is 14.9. The van der Waals surface area contributed by atoms with Gasteiger partial charge in [0.25, 0.3) is 5.91 Å². The third-order valence-corrected chi connectivity index (χ3v) is 5.05. The van der Waals surface area contributed by atoms with Crippen LogP contribution in [-0.2, 0) is 4.74 Å². The molecule has 1 aromatic heterocycles. The van der Waals surface area contributed by atoms with Crippen molar-refractivity contribution in [1.82, 2.24) is 15.1 Å². The zero-order valence-electron chi connectivity index (χ0n) is 14.9. The highest BCUT2D eigenvalue weighted by atomic mass is 16.5. The van der Waals surface area contributed by atoms with E-state index in [1.807, 2.05) is 35.0 Å². The Morgan fingerprint density at radius 1 is 1.24 bits per heavy atom. The number of hydrogen-bond donors (Lipinski definition) is 1. The maximum atomic E-state index is 12.9. The van der Waals surface area contributed by atoms with Crippen molar-refractivity contribution in [2.75, 3.05) is 6.61 Å². The van der Waals surface area contributed by atoms with Crippen molar-refractivity contribution < 1.29 is 9.53 Å². The van der Waals surface area contributed by atoms with Gasteiger partial charge in [-0.05, 0) is 51.7 Å². The van der Waals surface area contributed by atoms with Crippen LogP contribution >= 0.6 is 0 Å². The van der Waals surface area contributed by atoms with Crippen LogP contribution in [0.1, 0.15) is 61.5 Å². The zero-order chi connectivity index (χ0) is 17.4. The highest BCUT2D eigenvalue weighted by molar-refractivity contribution is 5.95. The number of aromatic nitrogens is 2. The maximum Gasteiger partial charge on any atom is 0.255 e. The molecule has 25 heavy (non-hydrogen) atoms. The van der Waals surface area contributed by atoms with E-state index in [0.29, 0.717) is 12.5 Å². The molecule has 1 aromatic carbocycles. The van der Waals surface area contributed by atoms with Gasteiger partial charge in [0.1, 0.15) is 0 Å². The first-order chi connectivity index (χ1) is 12.0. The van der Waals surface area contributed by atoms with Gasteiger partial charge >= 0.3 is 0 Å². The molecular weight excluding hydrogens is 314 g/mol. The quantitative estimate of drug-likeness (QED) is 0.928. The lowest BCUT2D eigenvalue weighted by molar-refractivity contribution is -0.0615. The number of carbonyl (C=O) groups excluding carboxylic acids is 1. The third-order valence-electron chi connectivity index (χ3n) is 5.05. The van der Waals surface area contributed by atoms with E-state index in [1.165, 1.54) is 0 Å². The first-order valence-electron chi connectivity index (χ1n) is 9.12. The topological polar surface area (TPSA) is 56.2 Å². The van der Waals surface area contributed by atoms with E-state index in [0.717, 1.165) is 42.6 Å². The molecule has 2 aliphatic rings. The van der Waals surface area contributed by atoms with Gasteiger partial charge in [0.15, 0.2) is 0 Å². The molecular formula is C20H25N3O2. The van der Waals surface area contributed by atoms with Gasteiger partial charge in [-0.1, -0.05) is 18.2 Å². The second kappa shape index (κ2) is 6.30. The molecule has 1 atom stereocenters. The minimum Gasteiger partial charge on any atom is -0.375 e. The lowest BCUT2D eigenvalue weighted by Crippen LogP contribution is -2.45. The lowest BCUT2D eigenvalue weighted by atomic mass is 9.93. The normalized spacial score (nSPS) is 22.6. The number of carbonyl (C=O) groups is 1. The number of para-hydroxylation sites is 1. The smallest absolute Gasteiger partial charge is 0.255 e. The Bertz CT molecular complexity index is 763. The standard InChI is InChI=1S/C20H25N3O2/c1-20(2)12-15(10-11-25-20)22-19(24)17-13-21-23(18(17)14-8-9-14)16-6-4-3-5-7-16/h3-7,13-15H,8-12H2,1-2H3,(H,22,24). The average molecular weight is 339 g/mol. The van der Waals surface area contributed by atoms with E-state index in [4.69, 9.17) is 4.74 Å². The monoisotopic (exact) mass is 339 g/mol. The van der Waals surface area contributed by atoms with E-state index < -0.39 is 0 Å². The molecule has 0 radical (unpaired) electrons. The molecule has 4 rings (SSSR count). The molecule has 2 heterocycles. The lowest BCUT2D eigenvalue weighted by Gasteiger charge is -2.35. The van der Waals surface area contributed by atoms with Crippen LogP contribution in [0.25, 0.3) is 5.69 Å². The molecule has 1 unspecified atom stereocenters. The summed E-state index contributed by atoms with van der Waals surface area (Å²) in [6.07, 6.45) is 5.68. The average Bonchev–Trinajstić information content (AvgIpc) is 3.32. The predicted octanol–water partition coefficient (Wildman–Crippen LogP) is 3.44. The Kier molecular flexibility index (Phi) is 4.12. The Labute approximate surface area is 148 Å². The van der Waals surface area contributed by atoms with Gasteiger partial charge in [-0.25, -0.2) is 4.68 Å². The predicted molar refractivity (Wildman–Crippen MR) is 96.1 cm³/mol. The van der Waals surface area contributed by atoms with Crippen molar-refractivity contribution in [2.24, 2.45) is 0 Å². The molecule has 1 aliphatic carbocycles. The number of hydrogen-bond acceptors (Lipinski definition) is 3. The summed E-state index contributed by atoms with van der Waals surface area (Å²) < 4.78 is 7.68. The van der Waals surface area contributed by atoms with Crippen molar-refractivity contribution in [3.8, 4) is 5.69 Å². The van der Waals surface area contributed by atoms with Crippen molar-refractivity contribution in [2.45, 2.75) is 57.1 Å². The van der Waals surface area contributed by atoms with Crippen LogP contribution in [0.5, 0.6) is 0 Å².